The SMILES string of the molecule is CC(CCl)C(=O)Nc1cc(Cl)ccc1N(C)C. The van der Waals surface area contributed by atoms with E-state index in [0.29, 0.717) is 16.6 Å². The van der Waals surface area contributed by atoms with Crippen LogP contribution in [0.15, 0.2) is 18.2 Å². The van der Waals surface area contributed by atoms with Crippen molar-refractivity contribution in [1.29, 1.82) is 0 Å². The first-order valence-corrected chi connectivity index (χ1v) is 6.20. The average Bonchev–Trinajstić information content (AvgIpc) is 2.27. The summed E-state index contributed by atoms with van der Waals surface area (Å²) in [5, 5.41) is 3.42. The van der Waals surface area contributed by atoms with Gasteiger partial charge in [-0.05, 0) is 18.2 Å². The zero-order chi connectivity index (χ0) is 13.0. The molecule has 1 aromatic rings. The van der Waals surface area contributed by atoms with Gasteiger partial charge in [0.25, 0.3) is 0 Å². The Bertz CT molecular complexity index is 407. The Labute approximate surface area is 112 Å². The molecule has 17 heavy (non-hydrogen) atoms. The third-order valence-corrected chi connectivity index (χ3v) is 3.08. The van der Waals surface area contributed by atoms with Crippen molar-refractivity contribution in [2.24, 2.45) is 5.92 Å². The van der Waals surface area contributed by atoms with Crippen molar-refractivity contribution in [3.8, 4) is 0 Å². The maximum atomic E-state index is 11.8. The van der Waals surface area contributed by atoms with Crippen LogP contribution in [0.4, 0.5) is 11.4 Å². The first kappa shape index (κ1) is 14.1. The monoisotopic (exact) mass is 274 g/mol. The van der Waals surface area contributed by atoms with E-state index in [1.165, 1.54) is 0 Å². The average molecular weight is 275 g/mol. The van der Waals surface area contributed by atoms with Gasteiger partial charge in [0, 0.05) is 30.9 Å². The number of hydrogen-bond donors (Lipinski definition) is 1. The highest BCUT2D eigenvalue weighted by Crippen LogP contribution is 2.28. The number of nitrogens with zero attached hydrogens (tertiary/aromatic N) is 1. The molecule has 0 aliphatic rings. The highest BCUT2D eigenvalue weighted by molar-refractivity contribution is 6.31. The number of alkyl halides is 1. The van der Waals surface area contributed by atoms with Crippen molar-refractivity contribution in [1.82, 2.24) is 0 Å². The van der Waals surface area contributed by atoms with Crippen molar-refractivity contribution >= 4 is 40.5 Å². The molecule has 0 fully saturated rings. The van der Waals surface area contributed by atoms with Crippen LogP contribution in [0.3, 0.4) is 0 Å². The van der Waals surface area contributed by atoms with E-state index in [2.05, 4.69) is 5.32 Å². The number of carbonyl (C=O) groups excluding carboxylic acids is 1. The molecular formula is C12H16Cl2N2O. The van der Waals surface area contributed by atoms with Crippen molar-refractivity contribution in [2.45, 2.75) is 6.92 Å². The summed E-state index contributed by atoms with van der Waals surface area (Å²) in [4.78, 5) is 13.7. The lowest BCUT2D eigenvalue weighted by Crippen LogP contribution is -2.23. The van der Waals surface area contributed by atoms with Gasteiger partial charge in [0.1, 0.15) is 0 Å². The Morgan fingerprint density at radius 2 is 2.12 bits per heavy atom. The maximum Gasteiger partial charge on any atom is 0.228 e. The Balaban J connectivity index is 2.96. The van der Waals surface area contributed by atoms with Crippen LogP contribution >= 0.6 is 23.2 Å². The van der Waals surface area contributed by atoms with Crippen LogP contribution in [0.1, 0.15) is 6.92 Å². The number of anilines is 2. The molecule has 1 N–H and O–H groups in total. The van der Waals surface area contributed by atoms with Gasteiger partial charge in [-0.2, -0.15) is 0 Å². The fraction of sp³-hybridized carbons (Fsp3) is 0.417. The molecule has 0 radical (unpaired) electrons. The summed E-state index contributed by atoms with van der Waals surface area (Å²) in [6, 6.07) is 5.39. The molecule has 1 atom stereocenters. The van der Waals surface area contributed by atoms with Crippen LogP contribution in [0, 0.1) is 5.92 Å². The number of amides is 1. The summed E-state index contributed by atoms with van der Waals surface area (Å²) in [6.07, 6.45) is 0. The molecule has 1 unspecified atom stereocenters. The molecule has 0 aliphatic heterocycles. The van der Waals surface area contributed by atoms with E-state index in [1.807, 2.05) is 25.1 Å². The first-order valence-electron chi connectivity index (χ1n) is 5.29. The molecule has 0 saturated heterocycles. The third-order valence-electron chi connectivity index (χ3n) is 2.38. The molecule has 0 aromatic heterocycles. The highest BCUT2D eigenvalue weighted by atomic mass is 35.5. The lowest BCUT2D eigenvalue weighted by molar-refractivity contribution is -0.118. The van der Waals surface area contributed by atoms with Gasteiger partial charge in [-0.25, -0.2) is 0 Å². The van der Waals surface area contributed by atoms with E-state index in [9.17, 15) is 4.79 Å². The van der Waals surface area contributed by atoms with E-state index in [0.717, 1.165) is 5.69 Å². The molecule has 5 heteroatoms. The summed E-state index contributed by atoms with van der Waals surface area (Å²) in [5.41, 5.74) is 1.61. The summed E-state index contributed by atoms with van der Waals surface area (Å²) < 4.78 is 0. The van der Waals surface area contributed by atoms with Gasteiger partial charge in [0.15, 0.2) is 0 Å². The van der Waals surface area contributed by atoms with E-state index >= 15 is 0 Å². The number of nitrogens with one attached hydrogen (secondary N) is 1. The lowest BCUT2D eigenvalue weighted by atomic mass is 10.2. The van der Waals surface area contributed by atoms with Gasteiger partial charge in [-0.15, -0.1) is 11.6 Å². The smallest absolute Gasteiger partial charge is 0.228 e. The van der Waals surface area contributed by atoms with Gasteiger partial charge < -0.3 is 10.2 Å². The van der Waals surface area contributed by atoms with Crippen LogP contribution in [-0.4, -0.2) is 25.9 Å². The van der Waals surface area contributed by atoms with Gasteiger partial charge >= 0.3 is 0 Å². The summed E-state index contributed by atoms with van der Waals surface area (Å²) in [6.45, 7) is 1.78. The van der Waals surface area contributed by atoms with E-state index < -0.39 is 0 Å². The predicted molar refractivity (Wildman–Crippen MR) is 74.3 cm³/mol. The largest absolute Gasteiger partial charge is 0.376 e. The zero-order valence-corrected chi connectivity index (χ0v) is 11.6. The van der Waals surface area contributed by atoms with E-state index in [1.54, 1.807) is 19.1 Å². The second kappa shape index (κ2) is 6.12. The summed E-state index contributed by atoms with van der Waals surface area (Å²) >= 11 is 11.6. The van der Waals surface area contributed by atoms with Crippen molar-refractivity contribution in [2.75, 3.05) is 30.2 Å². The number of benzene rings is 1. The van der Waals surface area contributed by atoms with E-state index in [-0.39, 0.29) is 11.8 Å². The molecule has 0 aliphatic carbocycles. The summed E-state index contributed by atoms with van der Waals surface area (Å²) in [5.74, 6) is -0.0417. The van der Waals surface area contributed by atoms with Crippen LogP contribution in [0.2, 0.25) is 5.02 Å². The van der Waals surface area contributed by atoms with Crippen LogP contribution in [0.5, 0.6) is 0 Å². The van der Waals surface area contributed by atoms with Gasteiger partial charge in [0.05, 0.1) is 11.4 Å². The maximum absolute atomic E-state index is 11.8. The molecule has 0 bridgehead atoms. The van der Waals surface area contributed by atoms with Gasteiger partial charge in [-0.1, -0.05) is 18.5 Å². The molecule has 1 aromatic carbocycles. The standard InChI is InChI=1S/C12H16Cl2N2O/c1-8(7-13)12(17)15-10-6-9(14)4-5-11(10)16(2)3/h4-6,8H,7H2,1-3H3,(H,15,17). The van der Waals surface area contributed by atoms with Crippen LogP contribution in [0.25, 0.3) is 0 Å². The number of rotatable bonds is 4. The fourth-order valence-electron chi connectivity index (χ4n) is 1.32. The Kier molecular flexibility index (Phi) is 5.09. The number of halogens is 2. The molecule has 0 heterocycles. The second-order valence-electron chi connectivity index (χ2n) is 4.10. The van der Waals surface area contributed by atoms with Gasteiger partial charge in [-0.3, -0.25) is 4.79 Å². The minimum absolute atomic E-state index is 0.106. The van der Waals surface area contributed by atoms with Crippen molar-refractivity contribution in [3.05, 3.63) is 23.2 Å². The Morgan fingerprint density at radius 1 is 1.47 bits per heavy atom. The minimum Gasteiger partial charge on any atom is -0.376 e. The third kappa shape index (κ3) is 3.79. The van der Waals surface area contributed by atoms with Gasteiger partial charge in [0.2, 0.25) is 5.91 Å². The Hall–Kier alpha value is -0.930. The minimum atomic E-state index is -0.231. The first-order chi connectivity index (χ1) is 7.95. The molecule has 1 amide bonds. The van der Waals surface area contributed by atoms with Crippen LogP contribution in [-0.2, 0) is 4.79 Å². The second-order valence-corrected chi connectivity index (χ2v) is 4.85. The molecular weight excluding hydrogens is 259 g/mol. The van der Waals surface area contributed by atoms with Crippen LogP contribution < -0.4 is 10.2 Å². The normalized spacial score (nSPS) is 12.1. The van der Waals surface area contributed by atoms with E-state index in [4.69, 9.17) is 23.2 Å². The number of hydrogen-bond acceptors (Lipinski definition) is 2. The predicted octanol–water partition coefficient (Wildman–Crippen LogP) is 3.22. The zero-order valence-electron chi connectivity index (χ0n) is 10.1. The molecule has 0 saturated carbocycles. The Morgan fingerprint density at radius 3 is 2.65 bits per heavy atom. The molecule has 0 spiro atoms. The lowest BCUT2D eigenvalue weighted by Gasteiger charge is -2.19. The molecule has 3 nitrogen and oxygen atoms in total. The number of carbonyl (C=O) groups is 1. The fourth-order valence-corrected chi connectivity index (χ4v) is 1.64. The molecule has 94 valence electrons. The molecule has 1 rings (SSSR count). The highest BCUT2D eigenvalue weighted by Gasteiger charge is 2.14. The van der Waals surface area contributed by atoms with Crippen molar-refractivity contribution in [3.63, 3.8) is 0 Å². The topological polar surface area (TPSA) is 32.3 Å². The quantitative estimate of drug-likeness (QED) is 0.856. The van der Waals surface area contributed by atoms with Crippen molar-refractivity contribution < 1.29 is 4.79 Å². The summed E-state index contributed by atoms with van der Waals surface area (Å²) in [7, 11) is 3.81.